The predicted octanol–water partition coefficient (Wildman–Crippen LogP) is 1.79. The second-order valence-electron chi connectivity index (χ2n) is 5.30. The molecule has 1 fully saturated rings. The topological polar surface area (TPSA) is 49.6 Å². The molecule has 0 bridgehead atoms. The molecule has 0 saturated carbocycles. The molecule has 0 spiro atoms. The summed E-state index contributed by atoms with van der Waals surface area (Å²) < 4.78 is 5.31. The third-order valence-electron chi connectivity index (χ3n) is 3.65. The van der Waals surface area contributed by atoms with E-state index < -0.39 is 0 Å². The molecule has 2 heterocycles. The van der Waals surface area contributed by atoms with Gasteiger partial charge in [-0.25, -0.2) is 4.98 Å². The summed E-state index contributed by atoms with van der Waals surface area (Å²) >= 11 is 0. The standard InChI is InChI=1S/C14H23N3O2/c1-4-5-12-13(15-10-19-12)14(18)17-8-6-16(7-9-17)11(2)3/h10-11H,4-9H2,1-3H3. The molecular weight excluding hydrogens is 242 g/mol. The minimum atomic E-state index is 0.0145. The van der Waals surface area contributed by atoms with Crippen LogP contribution in [0.1, 0.15) is 43.4 Å². The lowest BCUT2D eigenvalue weighted by atomic mass is 10.2. The number of nitrogens with zero attached hydrogens (tertiary/aromatic N) is 3. The molecule has 5 heteroatoms. The van der Waals surface area contributed by atoms with Crippen LogP contribution in [0.5, 0.6) is 0 Å². The average molecular weight is 265 g/mol. The van der Waals surface area contributed by atoms with Crippen LogP contribution in [0.3, 0.4) is 0 Å². The maximum atomic E-state index is 12.4. The van der Waals surface area contributed by atoms with E-state index in [0.29, 0.717) is 11.7 Å². The molecule has 5 nitrogen and oxygen atoms in total. The van der Waals surface area contributed by atoms with Crippen LogP contribution >= 0.6 is 0 Å². The van der Waals surface area contributed by atoms with E-state index in [1.807, 2.05) is 4.90 Å². The first-order valence-electron chi connectivity index (χ1n) is 7.09. The first-order chi connectivity index (χ1) is 9.13. The summed E-state index contributed by atoms with van der Waals surface area (Å²) in [6.45, 7) is 9.86. The molecule has 19 heavy (non-hydrogen) atoms. The summed E-state index contributed by atoms with van der Waals surface area (Å²) in [5.74, 6) is 0.736. The van der Waals surface area contributed by atoms with Crippen LogP contribution < -0.4 is 0 Å². The van der Waals surface area contributed by atoms with Gasteiger partial charge in [0, 0.05) is 38.6 Å². The van der Waals surface area contributed by atoms with Crippen LogP contribution in [-0.4, -0.2) is 52.9 Å². The van der Waals surface area contributed by atoms with Gasteiger partial charge in [0.1, 0.15) is 5.76 Å². The highest BCUT2D eigenvalue weighted by Gasteiger charge is 2.26. The normalized spacial score (nSPS) is 17.2. The molecule has 0 N–H and O–H groups in total. The van der Waals surface area contributed by atoms with Gasteiger partial charge in [0.25, 0.3) is 5.91 Å². The van der Waals surface area contributed by atoms with E-state index in [4.69, 9.17) is 4.42 Å². The molecule has 0 aromatic carbocycles. The van der Waals surface area contributed by atoms with Crippen molar-refractivity contribution in [2.45, 2.75) is 39.7 Å². The second-order valence-corrected chi connectivity index (χ2v) is 5.30. The molecule has 1 aromatic heterocycles. The van der Waals surface area contributed by atoms with Gasteiger partial charge in [-0.15, -0.1) is 0 Å². The number of hydrogen-bond donors (Lipinski definition) is 0. The Morgan fingerprint density at radius 3 is 2.63 bits per heavy atom. The third-order valence-corrected chi connectivity index (χ3v) is 3.65. The number of rotatable bonds is 4. The van der Waals surface area contributed by atoms with Crippen molar-refractivity contribution in [1.29, 1.82) is 0 Å². The zero-order chi connectivity index (χ0) is 13.8. The van der Waals surface area contributed by atoms with Crippen molar-refractivity contribution < 1.29 is 9.21 Å². The highest BCUT2D eigenvalue weighted by Crippen LogP contribution is 2.14. The van der Waals surface area contributed by atoms with Gasteiger partial charge in [0.2, 0.25) is 0 Å². The largest absolute Gasteiger partial charge is 0.448 e. The minimum absolute atomic E-state index is 0.0145. The molecule has 1 aromatic rings. The monoisotopic (exact) mass is 265 g/mol. The van der Waals surface area contributed by atoms with Gasteiger partial charge in [0.05, 0.1) is 0 Å². The van der Waals surface area contributed by atoms with Crippen molar-refractivity contribution in [2.24, 2.45) is 0 Å². The fraction of sp³-hybridized carbons (Fsp3) is 0.714. The lowest BCUT2D eigenvalue weighted by molar-refractivity contribution is 0.0588. The quantitative estimate of drug-likeness (QED) is 0.833. The molecule has 1 saturated heterocycles. The smallest absolute Gasteiger partial charge is 0.276 e. The fourth-order valence-corrected chi connectivity index (χ4v) is 2.44. The Kier molecular flexibility index (Phi) is 4.58. The van der Waals surface area contributed by atoms with Crippen LogP contribution in [0, 0.1) is 0 Å². The molecule has 1 amide bonds. The van der Waals surface area contributed by atoms with Gasteiger partial charge in [0.15, 0.2) is 12.1 Å². The van der Waals surface area contributed by atoms with Gasteiger partial charge in [-0.3, -0.25) is 9.69 Å². The molecule has 0 aliphatic carbocycles. The zero-order valence-electron chi connectivity index (χ0n) is 12.1. The van der Waals surface area contributed by atoms with Crippen molar-refractivity contribution in [3.63, 3.8) is 0 Å². The zero-order valence-corrected chi connectivity index (χ0v) is 12.1. The second kappa shape index (κ2) is 6.19. The SMILES string of the molecule is CCCc1ocnc1C(=O)N1CCN(C(C)C)CC1. The van der Waals surface area contributed by atoms with E-state index in [2.05, 4.69) is 30.7 Å². The van der Waals surface area contributed by atoms with E-state index in [9.17, 15) is 4.79 Å². The summed E-state index contributed by atoms with van der Waals surface area (Å²) in [6.07, 6.45) is 3.10. The van der Waals surface area contributed by atoms with Crippen LogP contribution in [0.25, 0.3) is 0 Å². The summed E-state index contributed by atoms with van der Waals surface area (Å²) in [6, 6.07) is 0.542. The van der Waals surface area contributed by atoms with Gasteiger partial charge < -0.3 is 9.32 Å². The van der Waals surface area contributed by atoms with E-state index >= 15 is 0 Å². The van der Waals surface area contributed by atoms with E-state index in [-0.39, 0.29) is 5.91 Å². The van der Waals surface area contributed by atoms with Gasteiger partial charge >= 0.3 is 0 Å². The van der Waals surface area contributed by atoms with Crippen molar-refractivity contribution in [1.82, 2.24) is 14.8 Å². The van der Waals surface area contributed by atoms with Gasteiger partial charge in [-0.1, -0.05) is 6.92 Å². The maximum absolute atomic E-state index is 12.4. The van der Waals surface area contributed by atoms with Crippen molar-refractivity contribution in [3.05, 3.63) is 17.8 Å². The number of hydrogen-bond acceptors (Lipinski definition) is 4. The number of piperazine rings is 1. The van der Waals surface area contributed by atoms with Crippen LogP contribution in [-0.2, 0) is 6.42 Å². The number of aryl methyl sites for hydroxylation is 1. The Bertz CT molecular complexity index is 420. The summed E-state index contributed by atoms with van der Waals surface area (Å²) in [5.41, 5.74) is 0.500. The summed E-state index contributed by atoms with van der Waals surface area (Å²) in [5, 5.41) is 0. The number of amides is 1. The Balaban J connectivity index is 1.99. The molecule has 0 radical (unpaired) electrons. The van der Waals surface area contributed by atoms with Crippen LogP contribution in [0.4, 0.5) is 0 Å². The van der Waals surface area contributed by atoms with Gasteiger partial charge in [-0.05, 0) is 20.3 Å². The Hall–Kier alpha value is -1.36. The lowest BCUT2D eigenvalue weighted by Gasteiger charge is -2.36. The van der Waals surface area contributed by atoms with Crippen molar-refractivity contribution in [3.8, 4) is 0 Å². The number of carbonyl (C=O) groups excluding carboxylic acids is 1. The molecule has 2 rings (SSSR count). The molecule has 0 unspecified atom stereocenters. The van der Waals surface area contributed by atoms with E-state index in [1.165, 1.54) is 6.39 Å². The summed E-state index contributed by atoms with van der Waals surface area (Å²) in [7, 11) is 0. The Morgan fingerprint density at radius 1 is 1.37 bits per heavy atom. The number of carbonyl (C=O) groups is 1. The average Bonchev–Trinajstić information content (AvgIpc) is 2.87. The minimum Gasteiger partial charge on any atom is -0.448 e. The molecule has 106 valence electrons. The maximum Gasteiger partial charge on any atom is 0.276 e. The Labute approximate surface area is 114 Å². The number of aromatic nitrogens is 1. The lowest BCUT2D eigenvalue weighted by Crippen LogP contribution is -2.50. The van der Waals surface area contributed by atoms with Crippen molar-refractivity contribution >= 4 is 5.91 Å². The fourth-order valence-electron chi connectivity index (χ4n) is 2.44. The number of oxazole rings is 1. The third kappa shape index (κ3) is 3.15. The first-order valence-corrected chi connectivity index (χ1v) is 7.09. The first kappa shape index (κ1) is 14.1. The summed E-state index contributed by atoms with van der Waals surface area (Å²) in [4.78, 5) is 20.8. The molecule has 1 aliphatic heterocycles. The molecule has 0 atom stereocenters. The van der Waals surface area contributed by atoms with Crippen LogP contribution in [0.2, 0.25) is 0 Å². The van der Waals surface area contributed by atoms with Gasteiger partial charge in [-0.2, -0.15) is 0 Å². The highest BCUT2D eigenvalue weighted by molar-refractivity contribution is 5.93. The highest BCUT2D eigenvalue weighted by atomic mass is 16.3. The Morgan fingerprint density at radius 2 is 2.05 bits per heavy atom. The van der Waals surface area contributed by atoms with Crippen LogP contribution in [0.15, 0.2) is 10.8 Å². The van der Waals surface area contributed by atoms with Crippen molar-refractivity contribution in [2.75, 3.05) is 26.2 Å². The molecule has 1 aliphatic rings. The van der Waals surface area contributed by atoms with E-state index in [0.717, 1.165) is 44.8 Å². The molecular formula is C14H23N3O2. The predicted molar refractivity (Wildman–Crippen MR) is 73.1 cm³/mol. The van der Waals surface area contributed by atoms with E-state index in [1.54, 1.807) is 0 Å².